The molecule has 5 heteroatoms. The summed E-state index contributed by atoms with van der Waals surface area (Å²) in [7, 11) is 0. The molecule has 0 aromatic heterocycles. The molecule has 0 aliphatic carbocycles. The largest absolute Gasteiger partial charge is 0.494 e. The van der Waals surface area contributed by atoms with E-state index in [-0.39, 0.29) is 0 Å². The summed E-state index contributed by atoms with van der Waals surface area (Å²) in [5.41, 5.74) is 10.3. The standard InChI is InChI=1S/C20H22N4O/c1-2-25-16-9-7-15(8-10-16)19-14-23(12-11-21)20-13-22-17-5-3-4-6-18(17)24(19)20/h3-10,13-14,22H,2,11-12,21H2,1H3. The van der Waals surface area contributed by atoms with Gasteiger partial charge in [0.05, 0.1) is 23.7 Å². The Morgan fingerprint density at radius 1 is 1.08 bits per heavy atom. The van der Waals surface area contributed by atoms with Crippen molar-refractivity contribution in [2.24, 2.45) is 5.73 Å². The lowest BCUT2D eigenvalue weighted by Crippen LogP contribution is -2.31. The van der Waals surface area contributed by atoms with Gasteiger partial charge in [0.25, 0.3) is 0 Å². The lowest BCUT2D eigenvalue weighted by atomic mass is 10.1. The number of nitrogens with zero attached hydrogens (tertiary/aromatic N) is 2. The molecule has 3 N–H and O–H groups in total. The van der Waals surface area contributed by atoms with Crippen LogP contribution in [0.5, 0.6) is 5.75 Å². The van der Waals surface area contributed by atoms with Gasteiger partial charge < -0.3 is 20.7 Å². The summed E-state index contributed by atoms with van der Waals surface area (Å²) in [5, 5.41) is 3.38. The lowest BCUT2D eigenvalue weighted by molar-refractivity contribution is 0.340. The molecule has 0 unspecified atom stereocenters. The smallest absolute Gasteiger partial charge is 0.134 e. The summed E-state index contributed by atoms with van der Waals surface area (Å²) in [4.78, 5) is 4.46. The van der Waals surface area contributed by atoms with E-state index in [9.17, 15) is 0 Å². The first-order valence-electron chi connectivity index (χ1n) is 8.59. The third-order valence-corrected chi connectivity index (χ3v) is 4.38. The number of para-hydroxylation sites is 2. The molecular weight excluding hydrogens is 312 g/mol. The van der Waals surface area contributed by atoms with Gasteiger partial charge in [0.2, 0.25) is 0 Å². The van der Waals surface area contributed by atoms with Crippen molar-refractivity contribution in [1.82, 2.24) is 4.90 Å². The zero-order valence-corrected chi connectivity index (χ0v) is 14.3. The third-order valence-electron chi connectivity index (χ3n) is 4.38. The summed E-state index contributed by atoms with van der Waals surface area (Å²) in [6.07, 6.45) is 4.20. The van der Waals surface area contributed by atoms with E-state index in [0.29, 0.717) is 13.2 Å². The van der Waals surface area contributed by atoms with E-state index in [1.807, 2.05) is 31.3 Å². The number of nitrogens with one attached hydrogen (secondary N) is 1. The minimum absolute atomic E-state index is 0.597. The minimum atomic E-state index is 0.597. The van der Waals surface area contributed by atoms with E-state index in [4.69, 9.17) is 10.5 Å². The molecule has 4 rings (SSSR count). The number of nitrogens with two attached hydrogens (primary N) is 1. The normalized spacial score (nSPS) is 15.1. The molecule has 25 heavy (non-hydrogen) atoms. The average Bonchev–Trinajstić information content (AvgIpc) is 3.02. The first kappa shape index (κ1) is 15.6. The molecule has 0 atom stereocenters. The Morgan fingerprint density at radius 3 is 2.64 bits per heavy atom. The summed E-state index contributed by atoms with van der Waals surface area (Å²) >= 11 is 0. The first-order chi connectivity index (χ1) is 12.3. The molecule has 0 fully saturated rings. The molecule has 2 aromatic rings. The predicted molar refractivity (Wildman–Crippen MR) is 102 cm³/mol. The van der Waals surface area contributed by atoms with Crippen LogP contribution in [-0.2, 0) is 0 Å². The van der Waals surface area contributed by atoms with Crippen LogP contribution < -0.4 is 20.7 Å². The average molecular weight is 334 g/mol. The maximum Gasteiger partial charge on any atom is 0.134 e. The van der Waals surface area contributed by atoms with Gasteiger partial charge in [0.15, 0.2) is 0 Å². The van der Waals surface area contributed by atoms with E-state index < -0.39 is 0 Å². The van der Waals surface area contributed by atoms with Gasteiger partial charge >= 0.3 is 0 Å². The molecule has 0 spiro atoms. The summed E-state index contributed by atoms with van der Waals surface area (Å²) in [5.74, 6) is 1.98. The van der Waals surface area contributed by atoms with Gasteiger partial charge in [0, 0.05) is 31.1 Å². The number of fused-ring (bicyclic) bond motifs is 3. The Labute approximate surface area is 148 Å². The topological polar surface area (TPSA) is 53.8 Å². The predicted octanol–water partition coefficient (Wildman–Crippen LogP) is 3.39. The molecule has 0 saturated heterocycles. The van der Waals surface area contributed by atoms with Crippen LogP contribution in [-0.4, -0.2) is 24.6 Å². The molecule has 0 radical (unpaired) electrons. The molecular formula is C20H22N4O. The van der Waals surface area contributed by atoms with Crippen molar-refractivity contribution >= 4 is 17.1 Å². The summed E-state index contributed by atoms with van der Waals surface area (Å²) in [6, 6.07) is 16.6. The van der Waals surface area contributed by atoms with Crippen LogP contribution in [0.2, 0.25) is 0 Å². The highest BCUT2D eigenvalue weighted by molar-refractivity contribution is 5.92. The highest BCUT2D eigenvalue weighted by atomic mass is 16.5. The monoisotopic (exact) mass is 334 g/mol. The highest BCUT2D eigenvalue weighted by Gasteiger charge is 2.32. The first-order valence-corrected chi connectivity index (χ1v) is 8.59. The van der Waals surface area contributed by atoms with Crippen LogP contribution >= 0.6 is 0 Å². The van der Waals surface area contributed by atoms with Crippen molar-refractivity contribution in [1.29, 1.82) is 0 Å². The van der Waals surface area contributed by atoms with Crippen molar-refractivity contribution in [2.45, 2.75) is 6.92 Å². The Morgan fingerprint density at radius 2 is 1.88 bits per heavy atom. The van der Waals surface area contributed by atoms with Gasteiger partial charge in [-0.05, 0) is 43.3 Å². The maximum absolute atomic E-state index is 5.81. The van der Waals surface area contributed by atoms with Gasteiger partial charge in [-0.3, -0.25) is 4.90 Å². The van der Waals surface area contributed by atoms with Gasteiger partial charge in [-0.15, -0.1) is 0 Å². The van der Waals surface area contributed by atoms with Crippen LogP contribution in [0.3, 0.4) is 0 Å². The number of hydrogen-bond donors (Lipinski definition) is 2. The molecule has 0 amide bonds. The van der Waals surface area contributed by atoms with E-state index >= 15 is 0 Å². The van der Waals surface area contributed by atoms with Crippen LogP contribution in [0.4, 0.5) is 11.4 Å². The second-order valence-corrected chi connectivity index (χ2v) is 5.95. The van der Waals surface area contributed by atoms with Gasteiger partial charge in [-0.1, -0.05) is 12.1 Å². The van der Waals surface area contributed by atoms with Gasteiger partial charge in [-0.2, -0.15) is 0 Å². The molecule has 2 aliphatic heterocycles. The Kier molecular flexibility index (Phi) is 4.07. The fraction of sp³-hybridized carbons (Fsp3) is 0.200. The summed E-state index contributed by atoms with van der Waals surface area (Å²) < 4.78 is 5.56. The SMILES string of the molecule is CCOc1ccc(C2=CN(CCN)C3=CNc4ccccc4N23)cc1. The second-order valence-electron chi connectivity index (χ2n) is 5.95. The molecule has 2 aromatic carbocycles. The third kappa shape index (κ3) is 2.72. The molecule has 2 aliphatic rings. The van der Waals surface area contributed by atoms with Crippen molar-refractivity contribution < 1.29 is 4.74 Å². The minimum Gasteiger partial charge on any atom is -0.494 e. The van der Waals surface area contributed by atoms with Crippen molar-refractivity contribution in [3.8, 4) is 5.75 Å². The Hall–Kier alpha value is -2.92. The van der Waals surface area contributed by atoms with E-state index in [0.717, 1.165) is 40.8 Å². The van der Waals surface area contributed by atoms with Gasteiger partial charge in [-0.25, -0.2) is 0 Å². The molecule has 0 saturated carbocycles. The fourth-order valence-corrected chi connectivity index (χ4v) is 3.27. The number of anilines is 2. The number of rotatable bonds is 5. The number of benzene rings is 2. The highest BCUT2D eigenvalue weighted by Crippen LogP contribution is 2.43. The molecule has 2 heterocycles. The van der Waals surface area contributed by atoms with Crippen molar-refractivity contribution in [2.75, 3.05) is 29.9 Å². The van der Waals surface area contributed by atoms with E-state index in [2.05, 4.69) is 51.6 Å². The van der Waals surface area contributed by atoms with Crippen molar-refractivity contribution in [3.63, 3.8) is 0 Å². The zero-order chi connectivity index (χ0) is 17.2. The maximum atomic E-state index is 5.81. The molecule has 5 nitrogen and oxygen atoms in total. The fourth-order valence-electron chi connectivity index (χ4n) is 3.27. The summed E-state index contributed by atoms with van der Waals surface area (Å²) in [6.45, 7) is 4.03. The zero-order valence-electron chi connectivity index (χ0n) is 14.3. The van der Waals surface area contributed by atoms with Crippen LogP contribution in [0.1, 0.15) is 12.5 Å². The lowest BCUT2D eigenvalue weighted by Gasteiger charge is -2.32. The second kappa shape index (κ2) is 6.53. The van der Waals surface area contributed by atoms with E-state index in [1.54, 1.807) is 0 Å². The number of ether oxygens (including phenoxy) is 1. The molecule has 128 valence electrons. The number of hydrogen-bond acceptors (Lipinski definition) is 5. The van der Waals surface area contributed by atoms with Crippen LogP contribution in [0, 0.1) is 0 Å². The molecule has 0 bridgehead atoms. The van der Waals surface area contributed by atoms with Crippen LogP contribution in [0.15, 0.2) is 66.8 Å². The Balaban J connectivity index is 1.75. The Bertz CT molecular complexity index is 826. The van der Waals surface area contributed by atoms with Gasteiger partial charge in [0.1, 0.15) is 11.6 Å². The van der Waals surface area contributed by atoms with Crippen LogP contribution in [0.25, 0.3) is 5.70 Å². The van der Waals surface area contributed by atoms with Crippen molar-refractivity contribution in [3.05, 3.63) is 72.3 Å². The van der Waals surface area contributed by atoms with E-state index in [1.165, 1.54) is 0 Å². The quantitative estimate of drug-likeness (QED) is 0.878.